The highest BCUT2D eigenvalue weighted by Crippen LogP contribution is 2.44. The van der Waals surface area contributed by atoms with Gasteiger partial charge in [-0.15, -0.1) is 5.10 Å². The molecule has 4 N–H and O–H groups in total. The Bertz CT molecular complexity index is 1840. The van der Waals surface area contributed by atoms with Crippen LogP contribution in [0.4, 0.5) is 10.2 Å². The monoisotopic (exact) mass is 532 g/mol. The van der Waals surface area contributed by atoms with Crippen molar-refractivity contribution in [3.05, 3.63) is 35.1 Å². The molecule has 2 saturated carbocycles. The van der Waals surface area contributed by atoms with Gasteiger partial charge in [-0.2, -0.15) is 0 Å². The Hall–Kier alpha value is -2.38. The number of ether oxygens (including phenoxy) is 1. The van der Waals surface area contributed by atoms with Gasteiger partial charge < -0.3 is 25.4 Å². The van der Waals surface area contributed by atoms with Crippen molar-refractivity contribution in [1.29, 1.82) is 0 Å². The lowest BCUT2D eigenvalue weighted by atomic mass is 10.1. The van der Waals surface area contributed by atoms with Crippen molar-refractivity contribution in [1.82, 2.24) is 25.0 Å². The van der Waals surface area contributed by atoms with Crippen LogP contribution in [-0.2, 0) is 4.74 Å². The summed E-state index contributed by atoms with van der Waals surface area (Å²) < 4.78 is 137. The second kappa shape index (κ2) is 10.5. The highest BCUT2D eigenvalue weighted by Gasteiger charge is 2.45. The van der Waals surface area contributed by atoms with Crippen LogP contribution in [0.1, 0.15) is 68.3 Å². The van der Waals surface area contributed by atoms with E-state index in [9.17, 15) is 19.7 Å². The van der Waals surface area contributed by atoms with Gasteiger partial charge in [0, 0.05) is 33.6 Å². The summed E-state index contributed by atoms with van der Waals surface area (Å²) in [6.07, 6.45) is -12.8. The van der Waals surface area contributed by atoms with Crippen molar-refractivity contribution in [2.24, 2.45) is 0 Å². The lowest BCUT2D eigenvalue weighted by molar-refractivity contribution is -0.0629. The van der Waals surface area contributed by atoms with Crippen molar-refractivity contribution >= 4 is 28.7 Å². The minimum absolute atomic E-state index is 0.141. The quantitative estimate of drug-likeness (QED) is 0.227. The van der Waals surface area contributed by atoms with Crippen molar-refractivity contribution in [2.75, 3.05) is 24.2 Å². The zero-order valence-corrected chi connectivity index (χ0v) is 19.7. The van der Waals surface area contributed by atoms with Gasteiger partial charge in [0.2, 0.25) is 0 Å². The van der Waals surface area contributed by atoms with E-state index in [1.807, 2.05) is 0 Å². The van der Waals surface area contributed by atoms with Crippen LogP contribution in [0.15, 0.2) is 23.3 Å². The lowest BCUT2D eigenvalue weighted by Crippen LogP contribution is -2.33. The number of thioether (sulfide) groups is 1. The largest absolute Gasteiger partial charge is 0.394 e. The fourth-order valence-electron chi connectivity index (χ4n) is 3.63. The Morgan fingerprint density at radius 1 is 1.39 bits per heavy atom. The average molecular weight is 533 g/mol. The van der Waals surface area contributed by atoms with Gasteiger partial charge in [0.15, 0.2) is 22.1 Å². The molecule has 10 nitrogen and oxygen atoms in total. The van der Waals surface area contributed by atoms with Gasteiger partial charge >= 0.3 is 0 Å². The van der Waals surface area contributed by atoms with Crippen LogP contribution in [0, 0.1) is 12.7 Å². The van der Waals surface area contributed by atoms with Crippen LogP contribution < -0.4 is 5.32 Å². The van der Waals surface area contributed by atoms with E-state index in [-0.39, 0.29) is 11.8 Å². The molecule has 12 heteroatoms. The predicted octanol–water partition coefficient (Wildman–Crippen LogP) is 2.18. The number of nitrogens with one attached hydrogen (secondary N) is 1. The minimum atomic E-state index is -3.02. The third kappa shape index (κ3) is 4.92. The maximum absolute atomic E-state index is 14.9. The molecule has 0 bridgehead atoms. The third-order valence-corrected chi connectivity index (χ3v) is 6.13. The summed E-state index contributed by atoms with van der Waals surface area (Å²) in [5.74, 6) is -4.83. The van der Waals surface area contributed by atoms with Crippen molar-refractivity contribution < 1.29 is 43.6 Å². The van der Waals surface area contributed by atoms with Crippen LogP contribution in [0.5, 0.6) is 0 Å². The standard InChI is InChI=1S/C24H31FN6O4S/c1-3-8-36-24-27-22(26-16-10-14(16)13-5-4-12(2)15(25)9-13)19-23(28-24)31(30-29-19)17-11-18(35-7-6-32)21(34)20(17)33/h4-5,9,14,16-18,20-21,32-34H,3,6-8,10-11H2,1-2H3,(H,26,27,28)/t14-,16+,17+,18-,20-,21+/m0/s1/i3D2,4D,5D,7D2,8D2,9D,10D2,14D,16D,18D. The van der Waals surface area contributed by atoms with E-state index in [1.165, 1.54) is 0 Å². The third-order valence-electron chi connectivity index (χ3n) is 5.46. The summed E-state index contributed by atoms with van der Waals surface area (Å²) in [7, 11) is 0. The molecule has 0 amide bonds. The number of benzene rings is 1. The van der Waals surface area contributed by atoms with Crippen LogP contribution in [0.2, 0.25) is 0 Å². The maximum Gasteiger partial charge on any atom is 0.191 e. The molecule has 194 valence electrons. The van der Waals surface area contributed by atoms with Crippen LogP contribution in [-0.4, -0.2) is 83.5 Å². The highest BCUT2D eigenvalue weighted by atomic mass is 32.2. The predicted molar refractivity (Wildman–Crippen MR) is 133 cm³/mol. The second-order valence-corrected chi connectivity index (χ2v) is 8.56. The van der Waals surface area contributed by atoms with Crippen molar-refractivity contribution in [3.8, 4) is 0 Å². The molecule has 2 aromatic heterocycles. The van der Waals surface area contributed by atoms with Gasteiger partial charge in [-0.3, -0.25) is 0 Å². The van der Waals surface area contributed by atoms with Crippen molar-refractivity contribution in [3.63, 3.8) is 0 Å². The van der Waals surface area contributed by atoms with Gasteiger partial charge in [-0.05, 0) is 36.8 Å². The highest BCUT2D eigenvalue weighted by molar-refractivity contribution is 7.99. The summed E-state index contributed by atoms with van der Waals surface area (Å²) in [5.41, 5.74) is -4.88. The number of fused-ring (bicyclic) bond motifs is 1. The van der Waals surface area contributed by atoms with Crippen LogP contribution in [0.3, 0.4) is 0 Å². The zero-order chi connectivity index (χ0) is 37.9. The van der Waals surface area contributed by atoms with Gasteiger partial charge in [0.05, 0.1) is 34.9 Å². The van der Waals surface area contributed by atoms with Crippen molar-refractivity contribution in [2.45, 2.75) is 74.4 Å². The zero-order valence-electron chi connectivity index (χ0n) is 32.9. The SMILES string of the molecule is [2H]c1c([2H])c([C@]2([2H])C([2H])([2H])[C@@]2([2H])Nc2nc(SC([2H])([2H])C([2H])([2H])C)nc3c2nnn3[C@@H]2C[C@]([2H])(OC([2H])([2H])CO)[C@@H](O)[C@H]2O)c([2H])c(F)c1C. The molecular weight excluding hydrogens is 487 g/mol. The normalized spacial score (nSPS) is 42.0. The summed E-state index contributed by atoms with van der Waals surface area (Å²) in [6, 6.07) is -7.03. The van der Waals surface area contributed by atoms with Gasteiger partial charge in [0.1, 0.15) is 18.0 Å². The number of anilines is 1. The summed E-state index contributed by atoms with van der Waals surface area (Å²) in [5, 5.41) is 40.5. The number of hydrogen-bond acceptors (Lipinski definition) is 10. The summed E-state index contributed by atoms with van der Waals surface area (Å²) >= 11 is 0.141. The molecular formula is C24H31FN6O4S. The first-order valence-corrected chi connectivity index (χ1v) is 11.5. The first-order chi connectivity index (χ1) is 22.6. The number of nitrogens with zero attached hydrogens (tertiary/aromatic N) is 5. The molecule has 2 fully saturated rings. The second-order valence-electron chi connectivity index (χ2n) is 7.78. The number of hydrogen-bond donors (Lipinski definition) is 4. The molecule has 0 spiro atoms. The van der Waals surface area contributed by atoms with E-state index in [0.29, 0.717) is 0 Å². The first kappa shape index (κ1) is 13.4. The fraction of sp³-hybridized carbons (Fsp3) is 0.583. The Labute approximate surface area is 232 Å². The Morgan fingerprint density at radius 2 is 2.22 bits per heavy atom. The Kier molecular flexibility index (Phi) is 3.93. The Morgan fingerprint density at radius 3 is 3.00 bits per heavy atom. The number of aromatic nitrogens is 5. The lowest BCUT2D eigenvalue weighted by Gasteiger charge is -2.17. The Balaban J connectivity index is 1.66. The molecule has 0 saturated heterocycles. The first-order valence-electron chi connectivity index (χ1n) is 17.7. The average Bonchev–Trinajstić information content (AvgIpc) is 3.33. The number of aliphatic hydroxyl groups is 3. The molecule has 36 heavy (non-hydrogen) atoms. The molecule has 2 aliphatic carbocycles. The molecule has 3 aromatic rings. The van der Waals surface area contributed by atoms with E-state index in [2.05, 4.69) is 25.6 Å². The van der Waals surface area contributed by atoms with E-state index < -0.39 is 131 Å². The topological polar surface area (TPSA) is 138 Å². The maximum atomic E-state index is 14.9. The summed E-state index contributed by atoms with van der Waals surface area (Å²) in [6.45, 7) is -1.96. The fourth-order valence-corrected chi connectivity index (χ4v) is 4.10. The van der Waals surface area contributed by atoms with Crippen LogP contribution >= 0.6 is 11.8 Å². The molecule has 0 aliphatic heterocycles. The van der Waals surface area contributed by atoms with Gasteiger partial charge in [0.25, 0.3) is 0 Å². The van der Waals surface area contributed by atoms with E-state index in [0.717, 1.165) is 18.5 Å². The smallest absolute Gasteiger partial charge is 0.191 e. The molecule has 2 heterocycles. The summed E-state index contributed by atoms with van der Waals surface area (Å²) in [4.78, 5) is 8.28. The molecule has 2 aliphatic rings. The minimum Gasteiger partial charge on any atom is -0.394 e. The van der Waals surface area contributed by atoms with E-state index >= 15 is 0 Å². The van der Waals surface area contributed by atoms with Crippen LogP contribution in [0.25, 0.3) is 11.2 Å². The number of aliphatic hydroxyl groups excluding tert-OH is 3. The van der Waals surface area contributed by atoms with Gasteiger partial charge in [-0.25, -0.2) is 19.0 Å². The number of halogens is 1. The molecule has 5 rings (SSSR count). The van der Waals surface area contributed by atoms with E-state index in [4.69, 9.17) is 23.9 Å². The van der Waals surface area contributed by atoms with Gasteiger partial charge in [-0.1, -0.05) is 36.0 Å². The van der Waals surface area contributed by atoms with E-state index in [1.54, 1.807) is 0 Å². The molecule has 0 radical (unpaired) electrons. The molecule has 6 atom stereocenters. The number of rotatable bonds is 10. The molecule has 0 unspecified atom stereocenters. The molecule has 1 aromatic carbocycles.